The topological polar surface area (TPSA) is 120 Å². The van der Waals surface area contributed by atoms with E-state index in [1.54, 1.807) is 37.4 Å². The van der Waals surface area contributed by atoms with Gasteiger partial charge in [-0.1, -0.05) is 13.0 Å². The number of benzene rings is 2. The summed E-state index contributed by atoms with van der Waals surface area (Å²) >= 11 is 0. The Hall–Kier alpha value is -3.66. The highest BCUT2D eigenvalue weighted by atomic mass is 32.2. The van der Waals surface area contributed by atoms with Crippen molar-refractivity contribution in [1.82, 2.24) is 9.97 Å². The van der Waals surface area contributed by atoms with Gasteiger partial charge in [0, 0.05) is 24.1 Å². The largest absolute Gasteiger partial charge is 0.497 e. The number of rotatable bonds is 9. The molecule has 9 nitrogen and oxygen atoms in total. The van der Waals surface area contributed by atoms with Gasteiger partial charge in [0.2, 0.25) is 5.95 Å². The Morgan fingerprint density at radius 3 is 2.35 bits per heavy atom. The number of amides is 1. The van der Waals surface area contributed by atoms with Gasteiger partial charge >= 0.3 is 0 Å². The van der Waals surface area contributed by atoms with E-state index >= 15 is 0 Å². The molecule has 0 aliphatic heterocycles. The third-order valence-corrected chi connectivity index (χ3v) is 5.55. The molecule has 1 atom stereocenters. The van der Waals surface area contributed by atoms with Crippen molar-refractivity contribution < 1.29 is 22.7 Å². The van der Waals surface area contributed by atoms with Crippen LogP contribution in [0.15, 0.2) is 71.9 Å². The number of hydrogen-bond acceptors (Lipinski definition) is 7. The first-order valence-corrected chi connectivity index (χ1v) is 10.9. The van der Waals surface area contributed by atoms with Crippen LogP contribution in [0.4, 0.5) is 11.6 Å². The standard InChI is InChI=1S/C21H22N4O5S/c1-3-19(30-17-7-4-6-16(14-17)29-2)20(26)24-15-8-10-18(11-9-15)31(27,28)25-21-22-12-5-13-23-21/h4-14,19H,3H2,1-2H3,(H,24,26)(H,22,23,25)/t19-/m1/s1. The van der Waals surface area contributed by atoms with Gasteiger partial charge in [-0.05, 0) is 48.9 Å². The van der Waals surface area contributed by atoms with E-state index in [-0.39, 0.29) is 16.8 Å². The normalized spacial score (nSPS) is 11.9. The highest BCUT2D eigenvalue weighted by Gasteiger charge is 2.20. The SMILES string of the molecule is CC[C@@H](Oc1cccc(OC)c1)C(=O)Nc1ccc(S(=O)(=O)Nc2ncccn2)cc1. The number of sulfonamides is 1. The molecule has 1 aromatic heterocycles. The fraction of sp³-hybridized carbons (Fsp3) is 0.190. The van der Waals surface area contributed by atoms with Crippen molar-refractivity contribution in [3.05, 3.63) is 67.0 Å². The lowest BCUT2D eigenvalue weighted by Gasteiger charge is -2.18. The van der Waals surface area contributed by atoms with Crippen molar-refractivity contribution in [3.63, 3.8) is 0 Å². The lowest BCUT2D eigenvalue weighted by Crippen LogP contribution is -2.32. The van der Waals surface area contributed by atoms with E-state index in [0.29, 0.717) is 23.6 Å². The summed E-state index contributed by atoms with van der Waals surface area (Å²) in [6.07, 6.45) is 2.58. The summed E-state index contributed by atoms with van der Waals surface area (Å²) in [5.74, 6) is 0.758. The molecule has 1 amide bonds. The molecule has 162 valence electrons. The van der Waals surface area contributed by atoms with Crippen molar-refractivity contribution in [3.8, 4) is 11.5 Å². The molecule has 0 saturated carbocycles. The molecule has 0 aliphatic rings. The van der Waals surface area contributed by atoms with Crippen LogP contribution >= 0.6 is 0 Å². The van der Waals surface area contributed by atoms with E-state index in [1.807, 2.05) is 6.92 Å². The molecule has 3 aromatic rings. The Kier molecular flexibility index (Phi) is 7.03. The van der Waals surface area contributed by atoms with E-state index < -0.39 is 16.1 Å². The van der Waals surface area contributed by atoms with E-state index in [2.05, 4.69) is 20.0 Å². The molecule has 3 rings (SSSR count). The van der Waals surface area contributed by atoms with Gasteiger partial charge in [0.15, 0.2) is 6.10 Å². The highest BCUT2D eigenvalue weighted by Crippen LogP contribution is 2.22. The maximum absolute atomic E-state index is 12.6. The highest BCUT2D eigenvalue weighted by molar-refractivity contribution is 7.92. The summed E-state index contributed by atoms with van der Waals surface area (Å²) in [7, 11) is -2.30. The number of carbonyl (C=O) groups excluding carboxylic acids is 1. The molecule has 0 spiro atoms. The number of methoxy groups -OCH3 is 1. The Morgan fingerprint density at radius 1 is 1.03 bits per heavy atom. The third kappa shape index (κ3) is 5.92. The van der Waals surface area contributed by atoms with Crippen molar-refractivity contribution in [2.24, 2.45) is 0 Å². The maximum atomic E-state index is 12.6. The summed E-state index contributed by atoms with van der Waals surface area (Å²) in [5, 5.41) is 2.74. The molecule has 10 heteroatoms. The van der Waals surface area contributed by atoms with Crippen molar-refractivity contribution in [2.45, 2.75) is 24.3 Å². The second-order valence-electron chi connectivity index (χ2n) is 6.39. The van der Waals surface area contributed by atoms with Crippen molar-refractivity contribution >= 4 is 27.6 Å². The fourth-order valence-electron chi connectivity index (χ4n) is 2.63. The molecule has 0 fully saturated rings. The van der Waals surface area contributed by atoms with Crippen LogP contribution in [0.25, 0.3) is 0 Å². The number of nitrogens with one attached hydrogen (secondary N) is 2. The van der Waals surface area contributed by atoms with Crippen LogP contribution in [0, 0.1) is 0 Å². The monoisotopic (exact) mass is 442 g/mol. The van der Waals surface area contributed by atoms with Crippen molar-refractivity contribution in [2.75, 3.05) is 17.1 Å². The summed E-state index contributed by atoms with van der Waals surface area (Å²) in [6, 6.07) is 14.3. The molecule has 0 unspecified atom stereocenters. The van der Waals surface area contributed by atoms with Gasteiger partial charge in [-0.15, -0.1) is 0 Å². The zero-order chi connectivity index (χ0) is 22.3. The van der Waals surface area contributed by atoms with Gasteiger partial charge in [-0.25, -0.2) is 23.1 Å². The summed E-state index contributed by atoms with van der Waals surface area (Å²) in [5.41, 5.74) is 0.438. The van der Waals surface area contributed by atoms with Crippen LogP contribution in [0.3, 0.4) is 0 Å². The minimum absolute atomic E-state index is 0.0117. The van der Waals surface area contributed by atoms with Crippen molar-refractivity contribution in [1.29, 1.82) is 0 Å². The first kappa shape index (κ1) is 22.0. The number of carbonyl (C=O) groups is 1. The molecule has 0 saturated heterocycles. The van der Waals surface area contributed by atoms with Gasteiger partial charge in [0.1, 0.15) is 11.5 Å². The summed E-state index contributed by atoms with van der Waals surface area (Å²) in [6.45, 7) is 1.83. The zero-order valence-corrected chi connectivity index (χ0v) is 17.8. The zero-order valence-electron chi connectivity index (χ0n) is 17.0. The molecular weight excluding hydrogens is 420 g/mol. The van der Waals surface area contributed by atoms with Crippen LogP contribution in [-0.4, -0.2) is 37.5 Å². The van der Waals surface area contributed by atoms with Gasteiger partial charge in [-0.3, -0.25) is 4.79 Å². The van der Waals surface area contributed by atoms with Gasteiger partial charge in [0.25, 0.3) is 15.9 Å². The molecular formula is C21H22N4O5S. The molecule has 31 heavy (non-hydrogen) atoms. The van der Waals surface area contributed by atoms with E-state index in [1.165, 1.54) is 36.7 Å². The molecule has 0 aliphatic carbocycles. The second-order valence-corrected chi connectivity index (χ2v) is 8.07. The first-order chi connectivity index (χ1) is 14.9. The van der Waals surface area contributed by atoms with Gasteiger partial charge in [-0.2, -0.15) is 0 Å². The molecule has 0 bridgehead atoms. The van der Waals surface area contributed by atoms with Crippen LogP contribution in [0.2, 0.25) is 0 Å². The van der Waals surface area contributed by atoms with Crippen LogP contribution in [-0.2, 0) is 14.8 Å². The number of hydrogen-bond donors (Lipinski definition) is 2. The summed E-state index contributed by atoms with van der Waals surface area (Å²) in [4.78, 5) is 20.3. The van der Waals surface area contributed by atoms with Crippen LogP contribution in [0.1, 0.15) is 13.3 Å². The van der Waals surface area contributed by atoms with Crippen LogP contribution < -0.4 is 19.5 Å². The van der Waals surface area contributed by atoms with Crippen LogP contribution in [0.5, 0.6) is 11.5 Å². The number of aromatic nitrogens is 2. The smallest absolute Gasteiger partial charge is 0.265 e. The minimum Gasteiger partial charge on any atom is -0.497 e. The predicted molar refractivity (Wildman–Crippen MR) is 116 cm³/mol. The van der Waals surface area contributed by atoms with Gasteiger partial charge in [0.05, 0.1) is 12.0 Å². The molecule has 1 heterocycles. The Balaban J connectivity index is 1.65. The number of ether oxygens (including phenoxy) is 2. The lowest BCUT2D eigenvalue weighted by molar-refractivity contribution is -0.122. The molecule has 2 aromatic carbocycles. The fourth-order valence-corrected chi connectivity index (χ4v) is 3.59. The average molecular weight is 442 g/mol. The lowest BCUT2D eigenvalue weighted by atomic mass is 10.2. The number of nitrogens with zero attached hydrogens (tertiary/aromatic N) is 2. The summed E-state index contributed by atoms with van der Waals surface area (Å²) < 4.78 is 38.1. The van der Waals surface area contributed by atoms with E-state index in [4.69, 9.17) is 9.47 Å². The van der Waals surface area contributed by atoms with Gasteiger partial charge < -0.3 is 14.8 Å². The predicted octanol–water partition coefficient (Wildman–Crippen LogP) is 3.08. The quantitative estimate of drug-likeness (QED) is 0.522. The molecule has 2 N–H and O–H groups in total. The second kappa shape index (κ2) is 9.90. The maximum Gasteiger partial charge on any atom is 0.265 e. The number of anilines is 2. The average Bonchev–Trinajstić information content (AvgIpc) is 2.78. The van der Waals surface area contributed by atoms with E-state index in [0.717, 1.165) is 0 Å². The molecule has 0 radical (unpaired) electrons. The van der Waals surface area contributed by atoms with E-state index in [9.17, 15) is 13.2 Å². The Labute approximate surface area is 180 Å². The Bertz CT molecular complexity index is 1120. The third-order valence-electron chi connectivity index (χ3n) is 4.21. The Morgan fingerprint density at radius 2 is 1.71 bits per heavy atom. The first-order valence-electron chi connectivity index (χ1n) is 9.42. The minimum atomic E-state index is -3.85.